The van der Waals surface area contributed by atoms with E-state index in [4.69, 9.17) is 0 Å². The lowest BCUT2D eigenvalue weighted by Crippen LogP contribution is -2.22. The fourth-order valence-corrected chi connectivity index (χ4v) is 1.98. The van der Waals surface area contributed by atoms with Crippen LogP contribution in [0.1, 0.15) is 36.1 Å². The summed E-state index contributed by atoms with van der Waals surface area (Å²) in [6.45, 7) is 15.9. The van der Waals surface area contributed by atoms with Crippen molar-refractivity contribution in [3.05, 3.63) is 41.0 Å². The van der Waals surface area contributed by atoms with Crippen molar-refractivity contribution in [1.82, 2.24) is 4.90 Å². The minimum atomic E-state index is 1.05. The summed E-state index contributed by atoms with van der Waals surface area (Å²) in [4.78, 5) is 2.44. The first-order valence-electron chi connectivity index (χ1n) is 6.07. The Morgan fingerprint density at radius 2 is 1.75 bits per heavy atom. The number of hydrogen-bond acceptors (Lipinski definition) is 1. The Morgan fingerprint density at radius 1 is 1.12 bits per heavy atom. The van der Waals surface area contributed by atoms with Gasteiger partial charge in [0.05, 0.1) is 0 Å². The third-order valence-electron chi connectivity index (χ3n) is 3.23. The SMILES string of the molecule is C=Cc1cc(C)c(CN(CC)CC)cc1C. The smallest absolute Gasteiger partial charge is 0.0236 e. The van der Waals surface area contributed by atoms with Crippen LogP contribution < -0.4 is 0 Å². The van der Waals surface area contributed by atoms with E-state index < -0.39 is 0 Å². The van der Waals surface area contributed by atoms with Crippen molar-refractivity contribution in [2.24, 2.45) is 0 Å². The van der Waals surface area contributed by atoms with E-state index >= 15 is 0 Å². The molecule has 1 heteroatoms. The Kier molecular flexibility index (Phi) is 4.75. The highest BCUT2D eigenvalue weighted by molar-refractivity contribution is 5.54. The van der Waals surface area contributed by atoms with Crippen LogP contribution in [0.4, 0.5) is 0 Å². The normalized spacial score (nSPS) is 10.8. The topological polar surface area (TPSA) is 3.24 Å². The third kappa shape index (κ3) is 2.96. The molecule has 1 aromatic carbocycles. The largest absolute Gasteiger partial charge is 0.300 e. The number of aryl methyl sites for hydroxylation is 2. The molecule has 0 aromatic heterocycles. The zero-order chi connectivity index (χ0) is 12.1. The van der Waals surface area contributed by atoms with Crippen LogP contribution in [-0.4, -0.2) is 18.0 Å². The summed E-state index contributed by atoms with van der Waals surface area (Å²) in [5, 5.41) is 0. The average molecular weight is 217 g/mol. The Labute approximate surface area is 99.8 Å². The maximum absolute atomic E-state index is 3.85. The van der Waals surface area contributed by atoms with Crippen LogP contribution in [0.5, 0.6) is 0 Å². The van der Waals surface area contributed by atoms with Gasteiger partial charge in [-0.1, -0.05) is 38.6 Å². The number of hydrogen-bond donors (Lipinski definition) is 0. The molecule has 0 aliphatic heterocycles. The predicted molar refractivity (Wildman–Crippen MR) is 72.6 cm³/mol. The standard InChI is InChI=1S/C15H23N/c1-6-14-9-13(5)15(10-12(14)4)11-16(7-2)8-3/h6,9-10H,1,7-8,11H2,2-5H3. The second-order valence-electron chi connectivity index (χ2n) is 4.30. The van der Waals surface area contributed by atoms with Gasteiger partial charge in [-0.05, 0) is 49.2 Å². The highest BCUT2D eigenvalue weighted by Crippen LogP contribution is 2.18. The maximum atomic E-state index is 3.85. The van der Waals surface area contributed by atoms with E-state index in [1.54, 1.807) is 0 Å². The summed E-state index contributed by atoms with van der Waals surface area (Å²) in [6.07, 6.45) is 1.93. The van der Waals surface area contributed by atoms with Crippen molar-refractivity contribution in [2.75, 3.05) is 13.1 Å². The van der Waals surface area contributed by atoms with Crippen molar-refractivity contribution >= 4 is 6.08 Å². The third-order valence-corrected chi connectivity index (χ3v) is 3.23. The minimum absolute atomic E-state index is 1.05. The van der Waals surface area contributed by atoms with Gasteiger partial charge in [0.15, 0.2) is 0 Å². The molecule has 0 aliphatic carbocycles. The van der Waals surface area contributed by atoms with E-state index in [1.807, 2.05) is 6.08 Å². The molecule has 0 spiro atoms. The van der Waals surface area contributed by atoms with E-state index in [-0.39, 0.29) is 0 Å². The van der Waals surface area contributed by atoms with Gasteiger partial charge >= 0.3 is 0 Å². The number of benzene rings is 1. The molecule has 1 aromatic rings. The summed E-state index contributed by atoms with van der Waals surface area (Å²) in [6, 6.07) is 4.53. The zero-order valence-corrected chi connectivity index (χ0v) is 11.0. The second-order valence-corrected chi connectivity index (χ2v) is 4.30. The van der Waals surface area contributed by atoms with E-state index in [0.717, 1.165) is 19.6 Å². The average Bonchev–Trinajstić information content (AvgIpc) is 2.29. The van der Waals surface area contributed by atoms with Crippen LogP contribution in [0, 0.1) is 13.8 Å². The van der Waals surface area contributed by atoms with Crippen molar-refractivity contribution in [3.63, 3.8) is 0 Å². The lowest BCUT2D eigenvalue weighted by Gasteiger charge is -2.20. The van der Waals surface area contributed by atoms with E-state index in [1.165, 1.54) is 22.3 Å². The fraction of sp³-hybridized carbons (Fsp3) is 0.467. The lowest BCUT2D eigenvalue weighted by atomic mass is 9.99. The maximum Gasteiger partial charge on any atom is 0.0236 e. The molecule has 0 heterocycles. The summed E-state index contributed by atoms with van der Waals surface area (Å²) < 4.78 is 0. The van der Waals surface area contributed by atoms with Crippen LogP contribution in [-0.2, 0) is 6.54 Å². The molecule has 88 valence electrons. The molecular formula is C15H23N. The molecule has 0 radical (unpaired) electrons. The lowest BCUT2D eigenvalue weighted by molar-refractivity contribution is 0.295. The quantitative estimate of drug-likeness (QED) is 0.725. The van der Waals surface area contributed by atoms with Gasteiger partial charge < -0.3 is 0 Å². The van der Waals surface area contributed by atoms with Crippen molar-refractivity contribution in [3.8, 4) is 0 Å². The van der Waals surface area contributed by atoms with Crippen LogP contribution in [0.15, 0.2) is 18.7 Å². The molecule has 0 fully saturated rings. The first-order chi connectivity index (χ1) is 7.62. The van der Waals surface area contributed by atoms with Crippen LogP contribution in [0.2, 0.25) is 0 Å². The van der Waals surface area contributed by atoms with Gasteiger partial charge in [-0.2, -0.15) is 0 Å². The van der Waals surface area contributed by atoms with Gasteiger partial charge in [0.2, 0.25) is 0 Å². The van der Waals surface area contributed by atoms with Gasteiger partial charge in [-0.3, -0.25) is 4.90 Å². The van der Waals surface area contributed by atoms with Crippen LogP contribution in [0.25, 0.3) is 6.08 Å². The second kappa shape index (κ2) is 5.86. The number of nitrogens with zero attached hydrogens (tertiary/aromatic N) is 1. The molecule has 0 atom stereocenters. The highest BCUT2D eigenvalue weighted by Gasteiger charge is 2.06. The fourth-order valence-electron chi connectivity index (χ4n) is 1.98. The van der Waals surface area contributed by atoms with Crippen LogP contribution in [0.3, 0.4) is 0 Å². The Morgan fingerprint density at radius 3 is 2.25 bits per heavy atom. The molecule has 0 bridgehead atoms. The molecule has 1 nitrogen and oxygen atoms in total. The molecule has 0 saturated heterocycles. The molecule has 1 rings (SSSR count). The molecular weight excluding hydrogens is 194 g/mol. The number of rotatable bonds is 5. The summed E-state index contributed by atoms with van der Waals surface area (Å²) in [5.74, 6) is 0. The van der Waals surface area contributed by atoms with Gasteiger partial charge in [0.25, 0.3) is 0 Å². The summed E-state index contributed by atoms with van der Waals surface area (Å²) in [5.41, 5.74) is 5.38. The Hall–Kier alpha value is -1.08. The van der Waals surface area contributed by atoms with Crippen molar-refractivity contribution < 1.29 is 0 Å². The summed E-state index contributed by atoms with van der Waals surface area (Å²) in [7, 11) is 0. The Bertz CT molecular complexity index is 362. The molecule has 16 heavy (non-hydrogen) atoms. The molecule has 0 saturated carbocycles. The van der Waals surface area contributed by atoms with Crippen molar-refractivity contribution in [2.45, 2.75) is 34.2 Å². The van der Waals surface area contributed by atoms with Crippen LogP contribution >= 0.6 is 0 Å². The van der Waals surface area contributed by atoms with E-state index in [9.17, 15) is 0 Å². The predicted octanol–water partition coefficient (Wildman–Crippen LogP) is 3.79. The van der Waals surface area contributed by atoms with E-state index in [0.29, 0.717) is 0 Å². The van der Waals surface area contributed by atoms with Gasteiger partial charge in [-0.15, -0.1) is 0 Å². The minimum Gasteiger partial charge on any atom is -0.300 e. The van der Waals surface area contributed by atoms with Gasteiger partial charge in [0.1, 0.15) is 0 Å². The molecule has 0 unspecified atom stereocenters. The molecule has 0 N–H and O–H groups in total. The van der Waals surface area contributed by atoms with E-state index in [2.05, 4.69) is 51.3 Å². The van der Waals surface area contributed by atoms with Gasteiger partial charge in [-0.25, -0.2) is 0 Å². The Balaban J connectivity index is 2.97. The monoisotopic (exact) mass is 217 g/mol. The zero-order valence-electron chi connectivity index (χ0n) is 11.0. The molecule has 0 aliphatic rings. The summed E-state index contributed by atoms with van der Waals surface area (Å²) >= 11 is 0. The first kappa shape index (κ1) is 13.0. The molecule has 0 amide bonds. The van der Waals surface area contributed by atoms with Crippen molar-refractivity contribution in [1.29, 1.82) is 0 Å². The van der Waals surface area contributed by atoms with Gasteiger partial charge in [0, 0.05) is 6.54 Å². The first-order valence-corrected chi connectivity index (χ1v) is 6.07. The highest BCUT2D eigenvalue weighted by atomic mass is 15.1.